The van der Waals surface area contributed by atoms with Crippen molar-refractivity contribution in [1.82, 2.24) is 4.31 Å². The van der Waals surface area contributed by atoms with Crippen LogP contribution < -0.4 is 0 Å². The highest BCUT2D eigenvalue weighted by Crippen LogP contribution is 2.22. The number of nitrogens with zero attached hydrogens (tertiary/aromatic N) is 1. The van der Waals surface area contributed by atoms with Gasteiger partial charge in [0.05, 0.1) is 4.90 Å². The van der Waals surface area contributed by atoms with E-state index in [1.54, 1.807) is 16.4 Å². The number of sulfonamides is 1. The standard InChI is InChI=1S/C13H19NO2S/c1-11-8-12(2)10-13(9-11)17(15,16)14-6-4-3-5-7-14/h8-10H,3-7H2,1-2H3. The van der Waals surface area contributed by atoms with Gasteiger partial charge in [0.1, 0.15) is 0 Å². The largest absolute Gasteiger partial charge is 0.243 e. The summed E-state index contributed by atoms with van der Waals surface area (Å²) in [6.45, 7) is 5.19. The Bertz CT molecular complexity index is 482. The molecule has 0 unspecified atom stereocenters. The summed E-state index contributed by atoms with van der Waals surface area (Å²) in [7, 11) is -3.27. The fourth-order valence-electron chi connectivity index (χ4n) is 2.34. The summed E-state index contributed by atoms with van der Waals surface area (Å²) in [4.78, 5) is 0.442. The van der Waals surface area contributed by atoms with Crippen LogP contribution in [0, 0.1) is 13.8 Å². The minimum absolute atomic E-state index is 0.442. The van der Waals surface area contributed by atoms with Gasteiger partial charge in [-0.05, 0) is 49.9 Å². The van der Waals surface area contributed by atoms with Crippen molar-refractivity contribution in [2.24, 2.45) is 0 Å². The Labute approximate surface area is 104 Å². The van der Waals surface area contributed by atoms with E-state index in [-0.39, 0.29) is 0 Å². The zero-order valence-corrected chi connectivity index (χ0v) is 11.3. The quantitative estimate of drug-likeness (QED) is 0.812. The molecule has 0 radical (unpaired) electrons. The molecule has 94 valence electrons. The predicted octanol–water partition coefficient (Wildman–Crippen LogP) is 2.48. The van der Waals surface area contributed by atoms with Gasteiger partial charge in [0, 0.05) is 13.1 Å². The van der Waals surface area contributed by atoms with E-state index in [0.717, 1.165) is 30.4 Å². The fraction of sp³-hybridized carbons (Fsp3) is 0.538. The number of hydrogen-bond donors (Lipinski definition) is 0. The second kappa shape index (κ2) is 4.78. The molecule has 1 saturated heterocycles. The lowest BCUT2D eigenvalue weighted by Crippen LogP contribution is -2.35. The van der Waals surface area contributed by atoms with Crippen molar-refractivity contribution < 1.29 is 8.42 Å². The monoisotopic (exact) mass is 253 g/mol. The SMILES string of the molecule is Cc1cc(C)cc(S(=O)(=O)N2CCCCC2)c1. The van der Waals surface area contributed by atoms with Gasteiger partial charge in [-0.1, -0.05) is 12.5 Å². The van der Waals surface area contributed by atoms with Crippen LogP contribution in [0.5, 0.6) is 0 Å². The highest BCUT2D eigenvalue weighted by molar-refractivity contribution is 7.89. The Kier molecular flexibility index (Phi) is 3.54. The minimum Gasteiger partial charge on any atom is -0.207 e. The topological polar surface area (TPSA) is 37.4 Å². The summed E-state index contributed by atoms with van der Waals surface area (Å²) in [5, 5.41) is 0. The lowest BCUT2D eigenvalue weighted by molar-refractivity contribution is 0.346. The third-order valence-corrected chi connectivity index (χ3v) is 5.02. The van der Waals surface area contributed by atoms with E-state index in [9.17, 15) is 8.42 Å². The molecule has 3 nitrogen and oxygen atoms in total. The van der Waals surface area contributed by atoms with E-state index in [1.165, 1.54) is 0 Å². The first-order valence-electron chi connectivity index (χ1n) is 6.08. The first-order chi connectivity index (χ1) is 8.00. The van der Waals surface area contributed by atoms with Crippen molar-refractivity contribution in [2.45, 2.75) is 38.0 Å². The number of piperidine rings is 1. The number of hydrogen-bond acceptors (Lipinski definition) is 2. The summed E-state index contributed by atoms with van der Waals surface area (Å²) in [5.41, 5.74) is 2.00. The number of aryl methyl sites for hydroxylation is 2. The molecule has 1 heterocycles. The van der Waals surface area contributed by atoms with Gasteiger partial charge in [-0.15, -0.1) is 0 Å². The third kappa shape index (κ3) is 2.69. The molecule has 1 aromatic carbocycles. The molecule has 0 aliphatic carbocycles. The summed E-state index contributed by atoms with van der Waals surface area (Å²) in [5.74, 6) is 0. The zero-order valence-electron chi connectivity index (χ0n) is 10.4. The van der Waals surface area contributed by atoms with Crippen LogP contribution in [0.15, 0.2) is 23.1 Å². The molecule has 0 N–H and O–H groups in total. The average molecular weight is 253 g/mol. The first kappa shape index (κ1) is 12.6. The molecule has 1 fully saturated rings. The van der Waals surface area contributed by atoms with Gasteiger partial charge in [-0.25, -0.2) is 8.42 Å². The Morgan fingerprint density at radius 3 is 2.00 bits per heavy atom. The molecular weight excluding hydrogens is 234 g/mol. The zero-order chi connectivity index (χ0) is 12.5. The Balaban J connectivity index is 2.36. The summed E-state index contributed by atoms with van der Waals surface area (Å²) in [6.07, 6.45) is 3.09. The maximum absolute atomic E-state index is 12.4. The van der Waals surface area contributed by atoms with Crippen LogP contribution in [0.25, 0.3) is 0 Å². The number of rotatable bonds is 2. The van der Waals surface area contributed by atoms with Crippen LogP contribution in [-0.2, 0) is 10.0 Å². The highest BCUT2D eigenvalue weighted by atomic mass is 32.2. The molecule has 0 spiro atoms. The lowest BCUT2D eigenvalue weighted by atomic mass is 10.2. The van der Waals surface area contributed by atoms with E-state index in [2.05, 4.69) is 0 Å². The third-order valence-electron chi connectivity index (χ3n) is 3.15. The van der Waals surface area contributed by atoms with Crippen LogP contribution in [0.4, 0.5) is 0 Å². The van der Waals surface area contributed by atoms with Gasteiger partial charge in [0.15, 0.2) is 0 Å². The van der Waals surface area contributed by atoms with Crippen molar-refractivity contribution in [3.8, 4) is 0 Å². The van der Waals surface area contributed by atoms with Crippen LogP contribution in [0.3, 0.4) is 0 Å². The molecule has 17 heavy (non-hydrogen) atoms. The van der Waals surface area contributed by atoms with E-state index in [4.69, 9.17) is 0 Å². The molecule has 0 aromatic heterocycles. The molecule has 0 atom stereocenters. The molecule has 0 saturated carbocycles. The number of benzene rings is 1. The van der Waals surface area contributed by atoms with E-state index >= 15 is 0 Å². The maximum Gasteiger partial charge on any atom is 0.243 e. The minimum atomic E-state index is -3.27. The normalized spacial score (nSPS) is 18.2. The lowest BCUT2D eigenvalue weighted by Gasteiger charge is -2.26. The molecule has 0 amide bonds. The van der Waals surface area contributed by atoms with Gasteiger partial charge in [-0.3, -0.25) is 0 Å². The van der Waals surface area contributed by atoms with Crippen LogP contribution in [0.1, 0.15) is 30.4 Å². The van der Waals surface area contributed by atoms with Crippen LogP contribution >= 0.6 is 0 Å². The fourth-order valence-corrected chi connectivity index (χ4v) is 4.04. The average Bonchev–Trinajstić information content (AvgIpc) is 2.29. The molecule has 1 aromatic rings. The second-order valence-electron chi connectivity index (χ2n) is 4.79. The van der Waals surface area contributed by atoms with Gasteiger partial charge < -0.3 is 0 Å². The predicted molar refractivity (Wildman–Crippen MR) is 68.5 cm³/mol. The van der Waals surface area contributed by atoms with E-state index < -0.39 is 10.0 Å². The van der Waals surface area contributed by atoms with Gasteiger partial charge in [0.2, 0.25) is 10.0 Å². The molecule has 4 heteroatoms. The van der Waals surface area contributed by atoms with Crippen molar-refractivity contribution in [2.75, 3.05) is 13.1 Å². The van der Waals surface area contributed by atoms with E-state index in [0.29, 0.717) is 18.0 Å². The molecule has 0 bridgehead atoms. The van der Waals surface area contributed by atoms with Crippen LogP contribution in [-0.4, -0.2) is 25.8 Å². The van der Waals surface area contributed by atoms with Crippen molar-refractivity contribution in [1.29, 1.82) is 0 Å². The molecule has 1 aliphatic rings. The molecule has 1 aliphatic heterocycles. The Hall–Kier alpha value is -0.870. The van der Waals surface area contributed by atoms with E-state index in [1.807, 2.05) is 19.9 Å². The maximum atomic E-state index is 12.4. The van der Waals surface area contributed by atoms with Crippen LogP contribution in [0.2, 0.25) is 0 Å². The Morgan fingerprint density at radius 1 is 0.941 bits per heavy atom. The second-order valence-corrected chi connectivity index (χ2v) is 6.73. The van der Waals surface area contributed by atoms with Crippen molar-refractivity contribution >= 4 is 10.0 Å². The molecule has 2 rings (SSSR count). The van der Waals surface area contributed by atoms with Crippen molar-refractivity contribution in [3.05, 3.63) is 29.3 Å². The summed E-state index contributed by atoms with van der Waals surface area (Å²) in [6, 6.07) is 5.52. The summed E-state index contributed by atoms with van der Waals surface area (Å²) < 4.78 is 26.5. The summed E-state index contributed by atoms with van der Waals surface area (Å²) >= 11 is 0. The van der Waals surface area contributed by atoms with Gasteiger partial charge in [-0.2, -0.15) is 4.31 Å². The smallest absolute Gasteiger partial charge is 0.207 e. The van der Waals surface area contributed by atoms with Gasteiger partial charge in [0.25, 0.3) is 0 Å². The van der Waals surface area contributed by atoms with Gasteiger partial charge >= 0.3 is 0 Å². The molecular formula is C13H19NO2S. The Morgan fingerprint density at radius 2 is 1.47 bits per heavy atom. The first-order valence-corrected chi connectivity index (χ1v) is 7.52. The van der Waals surface area contributed by atoms with Crippen molar-refractivity contribution in [3.63, 3.8) is 0 Å². The highest BCUT2D eigenvalue weighted by Gasteiger charge is 2.25.